The lowest BCUT2D eigenvalue weighted by Gasteiger charge is -2.08. The molecule has 6 heteroatoms. The van der Waals surface area contributed by atoms with E-state index in [0.717, 1.165) is 107 Å². The number of nitrogens with zero attached hydrogens (tertiary/aromatic N) is 4. The van der Waals surface area contributed by atoms with Crippen LogP contribution in [0.15, 0.2) is 191 Å². The minimum absolute atomic E-state index is 0.581. The Morgan fingerprint density at radius 1 is 0.359 bits per heavy atom. The molecule has 0 amide bonds. The summed E-state index contributed by atoms with van der Waals surface area (Å²) in [4.78, 5) is 0. The lowest BCUT2D eigenvalue weighted by atomic mass is 9.98. The van der Waals surface area contributed by atoms with Gasteiger partial charge in [-0.1, -0.05) is 84.9 Å². The van der Waals surface area contributed by atoms with E-state index >= 15 is 0 Å². The lowest BCUT2D eigenvalue weighted by Crippen LogP contribution is -1.93. The molecule has 9 aromatic carbocycles. The molecule has 4 heterocycles. The third kappa shape index (κ3) is 5.37. The normalized spacial score (nSPS) is 11.8. The van der Waals surface area contributed by atoms with E-state index in [1.165, 1.54) is 27.4 Å². The monoisotopic (exact) mass is 818 g/mol. The summed E-state index contributed by atoms with van der Waals surface area (Å²) in [5, 5.41) is 28.0. The third-order valence-electron chi connectivity index (χ3n) is 13.1. The van der Waals surface area contributed by atoms with Crippen LogP contribution in [-0.2, 0) is 12.8 Å². The van der Waals surface area contributed by atoms with Gasteiger partial charge in [0.15, 0.2) is 0 Å². The molecule has 6 nitrogen and oxygen atoms in total. The molecule has 0 spiro atoms. The van der Waals surface area contributed by atoms with Crippen LogP contribution >= 0.6 is 0 Å². The van der Waals surface area contributed by atoms with Crippen molar-refractivity contribution < 1.29 is 8.83 Å². The first-order valence-electron chi connectivity index (χ1n) is 21.5. The van der Waals surface area contributed by atoms with Gasteiger partial charge in [-0.2, -0.15) is 10.5 Å². The highest BCUT2D eigenvalue weighted by atomic mass is 16.3. The van der Waals surface area contributed by atoms with Crippen LogP contribution in [0.4, 0.5) is 0 Å². The molecule has 0 aliphatic carbocycles. The zero-order valence-electron chi connectivity index (χ0n) is 34.3. The number of hydrogen-bond donors (Lipinski definition) is 0. The first-order valence-corrected chi connectivity index (χ1v) is 21.5. The highest BCUT2D eigenvalue weighted by Crippen LogP contribution is 2.40. The van der Waals surface area contributed by atoms with Gasteiger partial charge in [0.25, 0.3) is 0 Å². The minimum Gasteiger partial charge on any atom is -0.456 e. The highest BCUT2D eigenvalue weighted by Gasteiger charge is 2.19. The number of aromatic nitrogens is 2. The predicted molar refractivity (Wildman–Crippen MR) is 258 cm³/mol. The topological polar surface area (TPSA) is 83.7 Å². The Labute approximate surface area is 366 Å². The minimum atomic E-state index is 0.581. The average Bonchev–Trinajstić information content (AvgIpc) is 4.10. The van der Waals surface area contributed by atoms with Crippen molar-refractivity contribution in [2.45, 2.75) is 12.8 Å². The van der Waals surface area contributed by atoms with Crippen LogP contribution in [0.3, 0.4) is 0 Å². The molecule has 13 rings (SSSR count). The molecule has 4 aromatic heterocycles. The summed E-state index contributed by atoms with van der Waals surface area (Å²) in [6, 6.07) is 67.8. The molecule has 0 saturated carbocycles. The van der Waals surface area contributed by atoms with E-state index < -0.39 is 0 Å². The Balaban J connectivity index is 0.845. The number of rotatable bonds is 6. The second kappa shape index (κ2) is 13.8. The third-order valence-corrected chi connectivity index (χ3v) is 13.1. The fraction of sp³-hybridized carbons (Fsp3) is 0.0345. The Kier molecular flexibility index (Phi) is 7.76. The van der Waals surface area contributed by atoms with E-state index in [0.29, 0.717) is 11.1 Å². The molecule has 64 heavy (non-hydrogen) atoms. The maximum absolute atomic E-state index is 9.68. The quantitative estimate of drug-likeness (QED) is 0.167. The van der Waals surface area contributed by atoms with Crippen molar-refractivity contribution in [3.8, 4) is 34.6 Å². The van der Waals surface area contributed by atoms with Crippen LogP contribution in [-0.4, -0.2) is 9.13 Å². The van der Waals surface area contributed by atoms with Gasteiger partial charge >= 0.3 is 0 Å². The molecule has 0 bridgehead atoms. The first kappa shape index (κ1) is 35.9. The zero-order chi connectivity index (χ0) is 42.5. The molecule has 0 radical (unpaired) electrons. The molecule has 0 saturated heterocycles. The second-order valence-corrected chi connectivity index (χ2v) is 16.6. The number of fused-ring (bicyclic) bond motifs is 12. The van der Waals surface area contributed by atoms with E-state index in [1.807, 2.05) is 42.5 Å². The summed E-state index contributed by atoms with van der Waals surface area (Å²) >= 11 is 0. The van der Waals surface area contributed by atoms with Crippen molar-refractivity contribution in [2.75, 3.05) is 0 Å². The molecule has 0 aliphatic rings. The van der Waals surface area contributed by atoms with Gasteiger partial charge < -0.3 is 18.0 Å². The van der Waals surface area contributed by atoms with Crippen molar-refractivity contribution in [1.29, 1.82) is 10.5 Å². The molecule has 298 valence electrons. The highest BCUT2D eigenvalue weighted by molar-refractivity contribution is 6.13. The lowest BCUT2D eigenvalue weighted by molar-refractivity contribution is 0.656. The van der Waals surface area contributed by atoms with Gasteiger partial charge in [-0.3, -0.25) is 0 Å². The predicted octanol–water partition coefficient (Wildman–Crippen LogP) is 14.9. The molecule has 0 N–H and O–H groups in total. The average molecular weight is 819 g/mol. The summed E-state index contributed by atoms with van der Waals surface area (Å²) in [5.74, 6) is 0. The molecular formula is C58H34N4O2. The molecule has 0 unspecified atom stereocenters. The Bertz CT molecular complexity index is 4100. The molecular weight excluding hydrogens is 785 g/mol. The Hall–Kier alpha value is -8.84. The Morgan fingerprint density at radius 2 is 0.844 bits per heavy atom. The van der Waals surface area contributed by atoms with Gasteiger partial charge in [0, 0.05) is 54.5 Å². The van der Waals surface area contributed by atoms with Crippen molar-refractivity contribution in [3.63, 3.8) is 0 Å². The number of furan rings is 2. The fourth-order valence-electron chi connectivity index (χ4n) is 10.1. The molecule has 0 fully saturated rings. The number of aryl methyl sites for hydroxylation is 2. The van der Waals surface area contributed by atoms with Gasteiger partial charge in [-0.25, -0.2) is 0 Å². The van der Waals surface area contributed by atoms with Crippen molar-refractivity contribution in [2.24, 2.45) is 0 Å². The van der Waals surface area contributed by atoms with Crippen LogP contribution in [0, 0.1) is 22.7 Å². The number of nitriles is 2. The summed E-state index contributed by atoms with van der Waals surface area (Å²) in [6.45, 7) is 0. The molecule has 13 aromatic rings. The SMILES string of the molecule is N#Cc1ccc2c(c1)c1cc(C#N)ccc1n2-c1ccc2oc3c(CCc4cccc5c4oc4ccc(-c6ccc7c(c6)c6ccccc6n7-c6ccccc6)cc45)cccc3c2c1. The first-order chi connectivity index (χ1) is 31.6. The molecule has 0 aliphatic heterocycles. The number of hydrogen-bond acceptors (Lipinski definition) is 4. The largest absolute Gasteiger partial charge is 0.456 e. The number of para-hydroxylation sites is 4. The fourth-order valence-corrected chi connectivity index (χ4v) is 10.1. The van der Waals surface area contributed by atoms with Gasteiger partial charge in [-0.05, 0) is 132 Å². The van der Waals surface area contributed by atoms with Crippen molar-refractivity contribution >= 4 is 87.5 Å². The van der Waals surface area contributed by atoms with Gasteiger partial charge in [0.2, 0.25) is 0 Å². The van der Waals surface area contributed by atoms with E-state index in [9.17, 15) is 10.5 Å². The van der Waals surface area contributed by atoms with Crippen LogP contribution in [0.25, 0.3) is 110 Å². The van der Waals surface area contributed by atoms with E-state index in [4.69, 9.17) is 8.83 Å². The van der Waals surface area contributed by atoms with Crippen LogP contribution in [0.5, 0.6) is 0 Å². The van der Waals surface area contributed by atoms with Crippen molar-refractivity contribution in [3.05, 3.63) is 204 Å². The second-order valence-electron chi connectivity index (χ2n) is 16.6. The number of benzene rings is 9. The van der Waals surface area contributed by atoms with Gasteiger partial charge in [0.1, 0.15) is 22.3 Å². The summed E-state index contributed by atoms with van der Waals surface area (Å²) < 4.78 is 17.8. The smallest absolute Gasteiger partial charge is 0.138 e. The Morgan fingerprint density at radius 3 is 1.48 bits per heavy atom. The molecule has 0 atom stereocenters. The van der Waals surface area contributed by atoms with E-state index in [-0.39, 0.29) is 0 Å². The zero-order valence-corrected chi connectivity index (χ0v) is 34.3. The van der Waals surface area contributed by atoms with Gasteiger partial charge in [-0.15, -0.1) is 0 Å². The van der Waals surface area contributed by atoms with Gasteiger partial charge in [0.05, 0.1) is 45.3 Å². The van der Waals surface area contributed by atoms with Crippen LogP contribution in [0.1, 0.15) is 22.3 Å². The summed E-state index contributed by atoms with van der Waals surface area (Å²) in [5.41, 5.74) is 15.7. The van der Waals surface area contributed by atoms with E-state index in [1.54, 1.807) is 0 Å². The standard InChI is InChI=1S/C58H34N4O2/c59-33-35-16-23-52-46(28-35)47-29-36(34-60)17-24-53(47)62(52)42-22-27-56-50(32-42)45-14-7-9-38(58(45)64-56)19-18-37-8-6-13-44-49-31-40(21-26-55(49)63-57(37)44)39-20-25-54-48(30-39)43-12-4-5-15-51(43)61(54)41-10-2-1-3-11-41/h1-17,20-32H,18-19H2. The summed E-state index contributed by atoms with van der Waals surface area (Å²) in [7, 11) is 0. The van der Waals surface area contributed by atoms with E-state index in [2.05, 4.69) is 161 Å². The van der Waals surface area contributed by atoms with Crippen LogP contribution < -0.4 is 0 Å². The van der Waals surface area contributed by atoms with Crippen LogP contribution in [0.2, 0.25) is 0 Å². The van der Waals surface area contributed by atoms with Crippen molar-refractivity contribution in [1.82, 2.24) is 9.13 Å². The maximum atomic E-state index is 9.68. The summed E-state index contributed by atoms with van der Waals surface area (Å²) in [6.07, 6.45) is 1.56. The maximum Gasteiger partial charge on any atom is 0.138 e.